The molecule has 6 nitrogen and oxygen atoms in total. The topological polar surface area (TPSA) is 63.7 Å². The van der Waals surface area contributed by atoms with E-state index in [-0.39, 0.29) is 12.0 Å². The first-order valence-electron chi connectivity index (χ1n) is 8.41. The Kier molecular flexibility index (Phi) is 4.61. The first-order valence-corrected chi connectivity index (χ1v) is 9.35. The number of piperidine rings is 1. The van der Waals surface area contributed by atoms with E-state index in [9.17, 15) is 4.79 Å². The average molecular weight is 337 g/mol. The van der Waals surface area contributed by atoms with Gasteiger partial charge in [0.2, 0.25) is 0 Å². The summed E-state index contributed by atoms with van der Waals surface area (Å²) in [6.07, 6.45) is 2.45. The minimum atomic E-state index is -0.0983. The fraction of sp³-hybridized carbons (Fsp3) is 0.750. The van der Waals surface area contributed by atoms with E-state index >= 15 is 0 Å². The van der Waals surface area contributed by atoms with Crippen LogP contribution >= 0.6 is 11.3 Å². The number of thiazole rings is 1. The fourth-order valence-corrected chi connectivity index (χ4v) is 4.61. The van der Waals surface area contributed by atoms with Crippen LogP contribution in [0.15, 0.2) is 10.9 Å². The number of hydrogen-bond acceptors (Lipinski definition) is 6. The summed E-state index contributed by atoms with van der Waals surface area (Å²) < 4.78 is 11.5. The molecule has 4 unspecified atom stereocenters. The van der Waals surface area contributed by atoms with Crippen molar-refractivity contribution in [3.63, 3.8) is 0 Å². The molecule has 0 aliphatic carbocycles. The number of likely N-dealkylation sites (tertiary alicyclic amines) is 1. The highest BCUT2D eigenvalue weighted by Crippen LogP contribution is 2.35. The first kappa shape index (κ1) is 15.5. The lowest BCUT2D eigenvalue weighted by atomic mass is 9.83. The van der Waals surface area contributed by atoms with Gasteiger partial charge in [-0.3, -0.25) is 9.69 Å². The Balaban J connectivity index is 1.29. The van der Waals surface area contributed by atoms with Gasteiger partial charge in [-0.1, -0.05) is 0 Å². The van der Waals surface area contributed by atoms with E-state index in [4.69, 9.17) is 9.47 Å². The number of aromatic nitrogens is 1. The molecule has 1 N–H and O–H groups in total. The molecule has 7 heteroatoms. The number of rotatable bonds is 4. The monoisotopic (exact) mass is 337 g/mol. The zero-order valence-corrected chi connectivity index (χ0v) is 14.0. The average Bonchev–Trinajstić information content (AvgIpc) is 3.33. The van der Waals surface area contributed by atoms with Gasteiger partial charge in [-0.15, -0.1) is 11.3 Å². The van der Waals surface area contributed by atoms with Crippen molar-refractivity contribution in [3.05, 3.63) is 16.6 Å². The molecule has 1 amide bonds. The van der Waals surface area contributed by atoms with Gasteiger partial charge in [0.15, 0.2) is 0 Å². The molecule has 0 aromatic carbocycles. The lowest BCUT2D eigenvalue weighted by Crippen LogP contribution is -2.48. The van der Waals surface area contributed by atoms with Crippen LogP contribution in [-0.2, 0) is 9.47 Å². The summed E-state index contributed by atoms with van der Waals surface area (Å²) in [6, 6.07) is 0.597. The molecule has 3 aliphatic heterocycles. The van der Waals surface area contributed by atoms with E-state index in [1.54, 1.807) is 10.9 Å². The highest BCUT2D eigenvalue weighted by Gasteiger charge is 2.42. The quantitative estimate of drug-likeness (QED) is 0.888. The predicted octanol–water partition coefficient (Wildman–Crippen LogP) is 0.999. The molecule has 0 saturated carbocycles. The Morgan fingerprint density at radius 1 is 1.43 bits per heavy atom. The second-order valence-corrected chi connectivity index (χ2v) is 7.40. The Morgan fingerprint density at radius 2 is 2.39 bits per heavy atom. The van der Waals surface area contributed by atoms with E-state index in [1.807, 2.05) is 0 Å². The lowest BCUT2D eigenvalue weighted by Gasteiger charge is -2.38. The van der Waals surface area contributed by atoms with Crippen molar-refractivity contribution in [3.8, 4) is 0 Å². The Bertz CT molecular complexity index is 533. The third kappa shape index (κ3) is 3.28. The van der Waals surface area contributed by atoms with Gasteiger partial charge in [0.1, 0.15) is 5.69 Å². The highest BCUT2D eigenvalue weighted by molar-refractivity contribution is 7.07. The van der Waals surface area contributed by atoms with E-state index < -0.39 is 0 Å². The van der Waals surface area contributed by atoms with Crippen molar-refractivity contribution in [1.29, 1.82) is 0 Å². The van der Waals surface area contributed by atoms with Crippen molar-refractivity contribution in [2.45, 2.75) is 25.0 Å². The molecule has 1 aromatic heterocycles. The first-order chi connectivity index (χ1) is 11.3. The van der Waals surface area contributed by atoms with Gasteiger partial charge < -0.3 is 14.8 Å². The summed E-state index contributed by atoms with van der Waals surface area (Å²) in [4.78, 5) is 18.6. The number of carbonyl (C=O) groups is 1. The van der Waals surface area contributed by atoms with Crippen LogP contribution in [0.5, 0.6) is 0 Å². The molecular formula is C16H23N3O3S. The van der Waals surface area contributed by atoms with Crippen LogP contribution in [0.4, 0.5) is 0 Å². The van der Waals surface area contributed by atoms with E-state index in [1.165, 1.54) is 11.3 Å². The van der Waals surface area contributed by atoms with Crippen LogP contribution in [0.25, 0.3) is 0 Å². The minimum Gasteiger partial charge on any atom is -0.380 e. The largest absolute Gasteiger partial charge is 0.380 e. The second-order valence-electron chi connectivity index (χ2n) is 6.68. The molecule has 1 aromatic rings. The number of nitrogens with one attached hydrogen (secondary N) is 1. The van der Waals surface area contributed by atoms with Crippen LogP contribution in [0.2, 0.25) is 0 Å². The normalized spacial score (nSPS) is 34.4. The van der Waals surface area contributed by atoms with Crippen LogP contribution in [0.3, 0.4) is 0 Å². The second kappa shape index (κ2) is 6.84. The van der Waals surface area contributed by atoms with Gasteiger partial charge in [-0.2, -0.15) is 0 Å². The number of ether oxygens (including phenoxy) is 2. The third-order valence-corrected chi connectivity index (χ3v) is 5.96. The van der Waals surface area contributed by atoms with Crippen molar-refractivity contribution >= 4 is 17.2 Å². The highest BCUT2D eigenvalue weighted by atomic mass is 32.1. The molecule has 3 saturated heterocycles. The van der Waals surface area contributed by atoms with E-state index in [0.717, 1.165) is 45.8 Å². The molecule has 3 aliphatic rings. The number of fused-ring (bicyclic) bond motifs is 1. The van der Waals surface area contributed by atoms with Crippen LogP contribution in [0, 0.1) is 11.8 Å². The summed E-state index contributed by atoms with van der Waals surface area (Å²) in [7, 11) is 0. The molecule has 4 rings (SSSR count). The minimum absolute atomic E-state index is 0.0983. The Hall–Kier alpha value is -1.02. The van der Waals surface area contributed by atoms with Gasteiger partial charge >= 0.3 is 0 Å². The molecule has 23 heavy (non-hydrogen) atoms. The summed E-state index contributed by atoms with van der Waals surface area (Å²) >= 11 is 1.44. The van der Waals surface area contributed by atoms with Gasteiger partial charge in [0.05, 0.1) is 24.8 Å². The SMILES string of the molecule is O=C(NCC1OCC2CN(C3CCOC3)CCC21)c1cscn1. The Morgan fingerprint density at radius 3 is 3.17 bits per heavy atom. The van der Waals surface area contributed by atoms with Gasteiger partial charge in [0, 0.05) is 37.0 Å². The van der Waals surface area contributed by atoms with Gasteiger partial charge in [-0.25, -0.2) is 4.98 Å². The van der Waals surface area contributed by atoms with Crippen LogP contribution in [0.1, 0.15) is 23.3 Å². The summed E-state index contributed by atoms with van der Waals surface area (Å²) in [5.41, 5.74) is 2.18. The molecule has 4 atom stereocenters. The summed E-state index contributed by atoms with van der Waals surface area (Å²) in [6.45, 7) is 5.41. The van der Waals surface area contributed by atoms with Crippen LogP contribution < -0.4 is 5.32 Å². The van der Waals surface area contributed by atoms with E-state index in [0.29, 0.717) is 30.1 Å². The molecular weight excluding hydrogens is 314 g/mol. The smallest absolute Gasteiger partial charge is 0.270 e. The number of carbonyl (C=O) groups excluding carboxylic acids is 1. The fourth-order valence-electron chi connectivity index (χ4n) is 4.08. The molecule has 0 radical (unpaired) electrons. The third-order valence-electron chi connectivity index (χ3n) is 5.38. The molecule has 3 fully saturated rings. The summed E-state index contributed by atoms with van der Waals surface area (Å²) in [5.74, 6) is 1.05. The Labute approximate surface area is 140 Å². The standard InChI is InChI=1S/C16H23N3O3S/c20-16(14-9-23-10-18-14)17-5-15-13-1-3-19(6-11(13)7-22-15)12-2-4-21-8-12/h9-13,15H,1-8H2,(H,17,20). The van der Waals surface area contributed by atoms with Crippen molar-refractivity contribution < 1.29 is 14.3 Å². The van der Waals surface area contributed by atoms with Crippen LogP contribution in [-0.4, -0.2) is 67.4 Å². The molecule has 0 bridgehead atoms. The maximum absolute atomic E-state index is 12.0. The van der Waals surface area contributed by atoms with Gasteiger partial charge in [-0.05, 0) is 25.3 Å². The molecule has 126 valence electrons. The zero-order valence-electron chi connectivity index (χ0n) is 13.1. The number of hydrogen-bond donors (Lipinski definition) is 1. The maximum atomic E-state index is 12.0. The van der Waals surface area contributed by atoms with Crippen molar-refractivity contribution in [1.82, 2.24) is 15.2 Å². The number of nitrogens with zero attached hydrogens (tertiary/aromatic N) is 2. The lowest BCUT2D eigenvalue weighted by molar-refractivity contribution is 0.0683. The van der Waals surface area contributed by atoms with E-state index in [2.05, 4.69) is 15.2 Å². The number of amides is 1. The summed E-state index contributed by atoms with van der Waals surface area (Å²) in [5, 5.41) is 4.75. The predicted molar refractivity (Wildman–Crippen MR) is 86.6 cm³/mol. The van der Waals surface area contributed by atoms with Gasteiger partial charge in [0.25, 0.3) is 5.91 Å². The molecule has 0 spiro atoms. The van der Waals surface area contributed by atoms with Crippen molar-refractivity contribution in [2.24, 2.45) is 11.8 Å². The zero-order chi connectivity index (χ0) is 15.6. The molecule has 4 heterocycles. The maximum Gasteiger partial charge on any atom is 0.270 e. The van der Waals surface area contributed by atoms with Crippen molar-refractivity contribution in [2.75, 3.05) is 39.5 Å².